The van der Waals surface area contributed by atoms with Crippen LogP contribution in [0.3, 0.4) is 0 Å². The summed E-state index contributed by atoms with van der Waals surface area (Å²) in [6.07, 6.45) is 19.7. The number of imidazole rings is 2. The molecule has 1 amide bonds. The number of ether oxygens (including phenoxy) is 1. The Kier molecular flexibility index (Phi) is 14.9. The number of benzene rings is 3. The van der Waals surface area contributed by atoms with Gasteiger partial charge in [-0.05, 0) is 55.2 Å². The predicted octanol–water partition coefficient (Wildman–Crippen LogP) is 10.1. The van der Waals surface area contributed by atoms with Crippen LogP contribution in [0.2, 0.25) is 0 Å². The van der Waals surface area contributed by atoms with Crippen molar-refractivity contribution in [3.05, 3.63) is 128 Å². The highest BCUT2D eigenvalue weighted by Crippen LogP contribution is 2.27. The Morgan fingerprint density at radius 2 is 1.07 bits per heavy atom. The fourth-order valence-corrected chi connectivity index (χ4v) is 6.85. The molecule has 2 heterocycles. The summed E-state index contributed by atoms with van der Waals surface area (Å²) >= 11 is 0. The number of nitrogens with zero attached hydrogens (tertiary/aromatic N) is 8. The highest BCUT2D eigenvalue weighted by atomic mass is 16.6. The Morgan fingerprint density at radius 3 is 1.50 bits per heavy atom. The van der Waals surface area contributed by atoms with Gasteiger partial charge in [-0.25, -0.2) is 24.1 Å². The van der Waals surface area contributed by atoms with Crippen molar-refractivity contribution < 1.29 is 29.1 Å². The minimum absolute atomic E-state index is 0.0336. The molecule has 2 aromatic heterocycles. The summed E-state index contributed by atoms with van der Waals surface area (Å²) in [7, 11) is 1.84. The third-order valence-electron chi connectivity index (χ3n) is 10.3. The first kappa shape index (κ1) is 42.4. The first-order valence-corrected chi connectivity index (χ1v) is 19.2. The van der Waals surface area contributed by atoms with Crippen LogP contribution >= 0.6 is 0 Å². The molecule has 0 atom stereocenters. The maximum Gasteiger partial charge on any atom is 0.424 e. The predicted molar refractivity (Wildman–Crippen MR) is 215 cm³/mol. The van der Waals surface area contributed by atoms with Crippen molar-refractivity contribution in [2.24, 2.45) is 5.92 Å². The number of carbonyl (C=O) groups excluding carboxylic acids is 2. The number of hydrogen-bond acceptors (Lipinski definition) is 11. The van der Waals surface area contributed by atoms with E-state index in [1.807, 2.05) is 7.05 Å². The number of carbonyl (C=O) groups is 2. The minimum Gasteiger partial charge on any atom is -0.410 e. The number of amides is 1. The average Bonchev–Trinajstić information content (AvgIpc) is 3.96. The number of nitro benzene ring substituents is 3. The lowest BCUT2D eigenvalue weighted by molar-refractivity contribution is -0.385. The lowest BCUT2D eigenvalue weighted by Gasteiger charge is -2.31. The van der Waals surface area contributed by atoms with Gasteiger partial charge in [-0.3, -0.25) is 34.9 Å². The molecule has 3 aromatic carbocycles. The van der Waals surface area contributed by atoms with Crippen LogP contribution in [0, 0.1) is 36.3 Å². The summed E-state index contributed by atoms with van der Waals surface area (Å²) in [5.41, 5.74) is 2.26. The second-order valence-electron chi connectivity index (χ2n) is 14.2. The Labute approximate surface area is 334 Å². The quantitative estimate of drug-likeness (QED) is 0.106. The minimum atomic E-state index is -0.750. The van der Waals surface area contributed by atoms with Crippen molar-refractivity contribution in [2.45, 2.75) is 83.6 Å². The lowest BCUT2D eigenvalue weighted by Crippen LogP contribution is -2.40. The van der Waals surface area contributed by atoms with Gasteiger partial charge in [0.15, 0.2) is 0 Å². The van der Waals surface area contributed by atoms with Gasteiger partial charge in [-0.15, -0.1) is 0 Å². The molecule has 0 aliphatic heterocycles. The number of rotatable bonds is 8. The fourth-order valence-electron chi connectivity index (χ4n) is 6.85. The zero-order valence-electron chi connectivity index (χ0n) is 32.4. The van der Waals surface area contributed by atoms with Crippen LogP contribution < -0.4 is 4.74 Å². The van der Waals surface area contributed by atoms with Crippen molar-refractivity contribution >= 4 is 29.2 Å². The van der Waals surface area contributed by atoms with Gasteiger partial charge in [0.25, 0.3) is 17.1 Å². The number of aromatic nitrogens is 4. The molecule has 5 aromatic rings. The molecule has 2 fully saturated rings. The first-order valence-electron chi connectivity index (χ1n) is 19.2. The molecule has 58 heavy (non-hydrogen) atoms. The van der Waals surface area contributed by atoms with Crippen molar-refractivity contribution in [3.8, 4) is 28.3 Å². The summed E-state index contributed by atoms with van der Waals surface area (Å²) < 4.78 is 7.68. The highest BCUT2D eigenvalue weighted by molar-refractivity contribution is 5.78. The van der Waals surface area contributed by atoms with Crippen molar-refractivity contribution in [1.82, 2.24) is 24.0 Å². The van der Waals surface area contributed by atoms with Crippen LogP contribution in [-0.2, 0) is 0 Å². The maximum atomic E-state index is 12.6. The van der Waals surface area contributed by atoms with Crippen molar-refractivity contribution in [2.75, 3.05) is 7.05 Å². The third-order valence-corrected chi connectivity index (χ3v) is 10.3. The van der Waals surface area contributed by atoms with Gasteiger partial charge in [0, 0.05) is 73.0 Å². The van der Waals surface area contributed by atoms with E-state index in [1.165, 1.54) is 142 Å². The average molecular weight is 795 g/mol. The van der Waals surface area contributed by atoms with Crippen LogP contribution in [0.25, 0.3) is 22.5 Å². The van der Waals surface area contributed by atoms with Crippen LogP contribution in [0.4, 0.5) is 26.7 Å². The summed E-state index contributed by atoms with van der Waals surface area (Å²) in [6.45, 7) is 2.32. The van der Waals surface area contributed by atoms with E-state index in [9.17, 15) is 39.9 Å². The molecule has 0 bridgehead atoms. The molecule has 17 heteroatoms. The van der Waals surface area contributed by atoms with Gasteiger partial charge in [-0.2, -0.15) is 0 Å². The molecule has 0 N–H and O–H groups in total. The second-order valence-corrected chi connectivity index (χ2v) is 14.2. The summed E-state index contributed by atoms with van der Waals surface area (Å²) in [6, 6.07) is 17.1. The topological polar surface area (TPSA) is 212 Å². The number of nitro groups is 3. The van der Waals surface area contributed by atoms with E-state index in [0.29, 0.717) is 17.0 Å². The Bertz CT molecular complexity index is 2150. The normalized spacial score (nSPS) is 14.2. The van der Waals surface area contributed by atoms with Crippen LogP contribution in [0.15, 0.2) is 97.8 Å². The van der Waals surface area contributed by atoms with E-state index in [1.54, 1.807) is 23.2 Å². The van der Waals surface area contributed by atoms with E-state index in [0.717, 1.165) is 28.9 Å². The summed E-state index contributed by atoms with van der Waals surface area (Å²) in [5.74, 6) is 1.23. The van der Waals surface area contributed by atoms with Crippen molar-refractivity contribution in [1.29, 1.82) is 0 Å². The van der Waals surface area contributed by atoms with Gasteiger partial charge in [0.05, 0.1) is 26.2 Å². The highest BCUT2D eigenvalue weighted by Gasteiger charge is 2.23. The van der Waals surface area contributed by atoms with Crippen LogP contribution in [0.5, 0.6) is 5.75 Å². The molecule has 17 nitrogen and oxygen atoms in total. The van der Waals surface area contributed by atoms with Crippen LogP contribution in [-0.4, -0.2) is 64.0 Å². The van der Waals surface area contributed by atoms with E-state index < -0.39 is 20.9 Å². The number of hydrogen-bond donors (Lipinski definition) is 0. The molecular formula is C41H46N8O9. The molecule has 2 aliphatic carbocycles. The third kappa shape index (κ3) is 11.6. The van der Waals surface area contributed by atoms with Gasteiger partial charge < -0.3 is 9.64 Å². The maximum absolute atomic E-state index is 12.6. The first-order chi connectivity index (χ1) is 27.9. The largest absolute Gasteiger partial charge is 0.424 e. The Balaban J connectivity index is 0.000000186. The van der Waals surface area contributed by atoms with Crippen LogP contribution in [0.1, 0.15) is 77.6 Å². The zero-order chi connectivity index (χ0) is 41.6. The molecule has 0 radical (unpaired) electrons. The lowest BCUT2D eigenvalue weighted by atomic mass is 9.88. The molecule has 2 aliphatic rings. The van der Waals surface area contributed by atoms with E-state index in [-0.39, 0.29) is 34.9 Å². The smallest absolute Gasteiger partial charge is 0.410 e. The second kappa shape index (κ2) is 20.4. The molecule has 0 saturated heterocycles. The summed E-state index contributed by atoms with van der Waals surface area (Å²) in [4.78, 5) is 65.3. The Hall–Kier alpha value is -6.78. The van der Waals surface area contributed by atoms with Crippen molar-refractivity contribution in [3.63, 3.8) is 0 Å². The number of non-ortho nitro benzene ring substituents is 3. The van der Waals surface area contributed by atoms with E-state index >= 15 is 0 Å². The molecule has 2 saturated carbocycles. The SMILES string of the molecule is CCC1CCCCC1.CN(C(=O)n1cnc(-c2ccc([N+](=O)[O-])cc2)c1)C1CCCCC1.O=C(Oc1ccc([N+](=O)[O-])cc1)n1cnc(-c2ccc([N+](=O)[O-])cc2)c1. The molecule has 0 unspecified atom stereocenters. The van der Waals surface area contributed by atoms with Gasteiger partial charge in [0.2, 0.25) is 0 Å². The van der Waals surface area contributed by atoms with Gasteiger partial charge in [-0.1, -0.05) is 64.7 Å². The zero-order valence-corrected chi connectivity index (χ0v) is 32.4. The van der Waals surface area contributed by atoms with E-state index in [2.05, 4.69) is 16.9 Å². The molecule has 0 spiro atoms. The molecular weight excluding hydrogens is 748 g/mol. The summed E-state index contributed by atoms with van der Waals surface area (Å²) in [5, 5.41) is 32.0. The fraction of sp³-hybridized carbons (Fsp3) is 0.366. The molecule has 7 rings (SSSR count). The standard InChI is InChI=1S/C17H20N4O3.C16H10N4O6.C8H16/c1-19(14-5-3-2-4-6-14)17(22)20-11-16(18-12-20)13-7-9-15(10-8-13)21(23)24;21-16(26-14-7-5-13(6-8-14)20(24)25)18-9-15(17-10-18)11-1-3-12(4-2-11)19(22)23;1-2-8-6-4-3-5-7-8/h7-12,14H,2-6H2,1H3;1-10H;8H,2-7H2,1H3. The van der Waals surface area contributed by atoms with E-state index in [4.69, 9.17) is 4.74 Å². The monoisotopic (exact) mass is 794 g/mol. The van der Waals surface area contributed by atoms with Gasteiger partial charge >= 0.3 is 12.1 Å². The Morgan fingerprint density at radius 1 is 0.655 bits per heavy atom. The van der Waals surface area contributed by atoms with Gasteiger partial charge in [0.1, 0.15) is 18.4 Å². The molecule has 304 valence electrons.